The van der Waals surface area contributed by atoms with Gasteiger partial charge in [0, 0.05) is 43.6 Å². The third-order valence-corrected chi connectivity index (χ3v) is 6.68. The van der Waals surface area contributed by atoms with Crippen LogP contribution in [0.2, 0.25) is 0 Å². The minimum absolute atomic E-state index is 0.0948. The van der Waals surface area contributed by atoms with Crippen molar-refractivity contribution in [2.75, 3.05) is 37.7 Å². The van der Waals surface area contributed by atoms with Crippen molar-refractivity contribution in [3.05, 3.63) is 36.4 Å². The second kappa shape index (κ2) is 9.44. The van der Waals surface area contributed by atoms with Gasteiger partial charge in [0.15, 0.2) is 0 Å². The summed E-state index contributed by atoms with van der Waals surface area (Å²) in [5.74, 6) is 1.98. The van der Waals surface area contributed by atoms with Gasteiger partial charge in [-0.25, -0.2) is 14.3 Å². The first-order valence-corrected chi connectivity index (χ1v) is 12.7. The molecule has 3 aromatic heterocycles. The highest BCUT2D eigenvalue weighted by molar-refractivity contribution is 5.83. The molecule has 2 aliphatic heterocycles. The van der Waals surface area contributed by atoms with E-state index in [2.05, 4.69) is 21.1 Å². The molecule has 2 saturated heterocycles. The summed E-state index contributed by atoms with van der Waals surface area (Å²) >= 11 is 0. The van der Waals surface area contributed by atoms with Crippen molar-refractivity contribution >= 4 is 17.4 Å². The monoisotopic (exact) mass is 519 g/mol. The van der Waals surface area contributed by atoms with Gasteiger partial charge in [-0.15, -0.1) is 0 Å². The van der Waals surface area contributed by atoms with Gasteiger partial charge in [0.2, 0.25) is 0 Å². The number of aliphatic hydroxyl groups is 1. The zero-order valence-electron chi connectivity index (χ0n) is 22.4. The molecular weight excluding hydrogens is 486 g/mol. The van der Waals surface area contributed by atoms with Crippen LogP contribution in [-0.2, 0) is 4.74 Å². The van der Waals surface area contributed by atoms with Crippen LogP contribution in [0.1, 0.15) is 40.2 Å². The second-order valence-corrected chi connectivity index (χ2v) is 11.7. The van der Waals surface area contributed by atoms with Crippen molar-refractivity contribution in [1.29, 1.82) is 5.26 Å². The van der Waals surface area contributed by atoms with Gasteiger partial charge in [0.25, 0.3) is 0 Å². The van der Waals surface area contributed by atoms with Crippen LogP contribution >= 0.6 is 0 Å². The van der Waals surface area contributed by atoms with Crippen molar-refractivity contribution < 1.29 is 19.4 Å². The molecule has 3 aromatic rings. The van der Waals surface area contributed by atoms with E-state index in [4.69, 9.17) is 14.5 Å². The third kappa shape index (κ3) is 5.36. The SMILES string of the molecule is CC(C)(O)COc1cc(-c2cnc(N3C[C@H]4CN(C(=O)OC(C)(C)C)C[C@H]4C3)cn2)c2c(C#N)cnn2c1. The highest BCUT2D eigenvalue weighted by Gasteiger charge is 2.43. The normalized spacial score (nSPS) is 19.5. The van der Waals surface area contributed by atoms with Crippen LogP contribution in [0.5, 0.6) is 5.75 Å². The number of aromatic nitrogens is 4. The highest BCUT2D eigenvalue weighted by Crippen LogP contribution is 2.35. The highest BCUT2D eigenvalue weighted by atomic mass is 16.6. The quantitative estimate of drug-likeness (QED) is 0.540. The lowest BCUT2D eigenvalue weighted by Gasteiger charge is -2.26. The van der Waals surface area contributed by atoms with Gasteiger partial charge in [-0.3, -0.25) is 4.98 Å². The van der Waals surface area contributed by atoms with Crippen LogP contribution in [0.3, 0.4) is 0 Å². The molecule has 2 fully saturated rings. The number of amides is 1. The van der Waals surface area contributed by atoms with E-state index >= 15 is 0 Å². The molecule has 5 heterocycles. The van der Waals surface area contributed by atoms with Gasteiger partial charge in [0.1, 0.15) is 29.8 Å². The minimum Gasteiger partial charge on any atom is -0.489 e. The molecule has 38 heavy (non-hydrogen) atoms. The zero-order valence-corrected chi connectivity index (χ0v) is 22.4. The van der Waals surface area contributed by atoms with E-state index in [1.807, 2.05) is 25.7 Å². The van der Waals surface area contributed by atoms with E-state index in [9.17, 15) is 15.2 Å². The smallest absolute Gasteiger partial charge is 0.410 e. The lowest BCUT2D eigenvalue weighted by Crippen LogP contribution is -2.37. The maximum Gasteiger partial charge on any atom is 0.410 e. The lowest BCUT2D eigenvalue weighted by atomic mass is 10.0. The maximum absolute atomic E-state index is 12.5. The number of hydrogen-bond acceptors (Lipinski definition) is 9. The Kier molecular flexibility index (Phi) is 6.39. The maximum atomic E-state index is 12.5. The molecule has 11 heteroatoms. The Morgan fingerprint density at radius 1 is 1.11 bits per heavy atom. The molecule has 0 saturated carbocycles. The standard InChI is InChI=1S/C27H33N7O4/c1-26(2,3)38-25(35)33-13-18-11-32(12-19(18)14-33)23-10-29-22(9-30-23)21-6-20(37-16-27(4,5)36)15-34-24(21)17(7-28)8-31-34/h6,8-10,15,18-19,36H,11-14,16H2,1-5H3/t18-,19+. The summed E-state index contributed by atoms with van der Waals surface area (Å²) < 4.78 is 12.9. The summed E-state index contributed by atoms with van der Waals surface area (Å²) in [4.78, 5) is 25.9. The number of carbonyl (C=O) groups is 1. The van der Waals surface area contributed by atoms with Gasteiger partial charge < -0.3 is 24.4 Å². The fourth-order valence-corrected chi connectivity index (χ4v) is 4.99. The summed E-state index contributed by atoms with van der Waals surface area (Å²) in [6.07, 6.45) is 6.37. The van der Waals surface area contributed by atoms with Crippen LogP contribution in [0.15, 0.2) is 30.9 Å². The van der Waals surface area contributed by atoms with Crippen molar-refractivity contribution in [2.24, 2.45) is 11.8 Å². The number of nitriles is 1. The Balaban J connectivity index is 1.33. The lowest BCUT2D eigenvalue weighted by molar-refractivity contribution is 0.0277. The molecule has 200 valence electrons. The van der Waals surface area contributed by atoms with Crippen LogP contribution in [0, 0.1) is 23.2 Å². The number of rotatable bonds is 5. The Morgan fingerprint density at radius 2 is 1.82 bits per heavy atom. The predicted octanol–water partition coefficient (Wildman–Crippen LogP) is 3.12. The van der Waals surface area contributed by atoms with Crippen LogP contribution in [0.4, 0.5) is 10.6 Å². The molecule has 0 aromatic carbocycles. The van der Waals surface area contributed by atoms with Gasteiger partial charge in [-0.2, -0.15) is 10.4 Å². The van der Waals surface area contributed by atoms with E-state index < -0.39 is 11.2 Å². The van der Waals surface area contributed by atoms with Gasteiger partial charge >= 0.3 is 6.09 Å². The molecule has 0 radical (unpaired) electrons. The molecule has 0 bridgehead atoms. The van der Waals surface area contributed by atoms with Crippen LogP contribution in [-0.4, -0.2) is 79.7 Å². The summed E-state index contributed by atoms with van der Waals surface area (Å²) in [5, 5.41) is 24.0. The number of anilines is 1. The van der Waals surface area contributed by atoms with Crippen LogP contribution in [0.25, 0.3) is 16.8 Å². The Bertz CT molecular complexity index is 1370. The van der Waals surface area contributed by atoms with E-state index in [0.717, 1.165) is 18.9 Å². The van der Waals surface area contributed by atoms with Crippen molar-refractivity contribution in [3.8, 4) is 23.1 Å². The summed E-state index contributed by atoms with van der Waals surface area (Å²) in [6.45, 7) is 12.0. The minimum atomic E-state index is -1.00. The average molecular weight is 520 g/mol. The third-order valence-electron chi connectivity index (χ3n) is 6.68. The molecule has 0 unspecified atom stereocenters. The molecule has 2 atom stereocenters. The molecule has 5 rings (SSSR count). The molecule has 1 amide bonds. The van der Waals surface area contributed by atoms with E-state index in [1.54, 1.807) is 43.0 Å². The van der Waals surface area contributed by atoms with Gasteiger partial charge in [-0.1, -0.05) is 0 Å². The first-order valence-electron chi connectivity index (χ1n) is 12.7. The van der Waals surface area contributed by atoms with Gasteiger partial charge in [0.05, 0.1) is 47.2 Å². The molecule has 0 spiro atoms. The van der Waals surface area contributed by atoms with Crippen molar-refractivity contribution in [1.82, 2.24) is 24.5 Å². The van der Waals surface area contributed by atoms with E-state index in [0.29, 0.717) is 53.0 Å². The zero-order chi connectivity index (χ0) is 27.2. The Morgan fingerprint density at radius 3 is 2.39 bits per heavy atom. The number of fused-ring (bicyclic) bond motifs is 2. The summed E-state index contributed by atoms with van der Waals surface area (Å²) in [6, 6.07) is 3.97. The van der Waals surface area contributed by atoms with Gasteiger partial charge in [-0.05, 0) is 40.7 Å². The number of ether oxygens (including phenoxy) is 2. The predicted molar refractivity (Wildman–Crippen MR) is 140 cm³/mol. The molecule has 11 nitrogen and oxygen atoms in total. The first kappa shape index (κ1) is 25.7. The van der Waals surface area contributed by atoms with E-state index in [1.165, 1.54) is 6.20 Å². The molecule has 2 aliphatic rings. The summed E-state index contributed by atoms with van der Waals surface area (Å²) in [7, 11) is 0. The summed E-state index contributed by atoms with van der Waals surface area (Å²) in [5.41, 5.74) is 0.772. The fourth-order valence-electron chi connectivity index (χ4n) is 4.99. The number of likely N-dealkylation sites (tertiary alicyclic amines) is 1. The number of carbonyl (C=O) groups excluding carboxylic acids is 1. The number of hydrogen-bond donors (Lipinski definition) is 1. The Hall–Kier alpha value is -3.91. The van der Waals surface area contributed by atoms with E-state index in [-0.39, 0.29) is 12.7 Å². The first-order chi connectivity index (χ1) is 17.9. The largest absolute Gasteiger partial charge is 0.489 e. The second-order valence-electron chi connectivity index (χ2n) is 11.7. The fraction of sp³-hybridized carbons (Fsp3) is 0.519. The number of nitrogens with zero attached hydrogens (tertiary/aromatic N) is 7. The number of pyridine rings is 1. The molecule has 0 aliphatic carbocycles. The topological polar surface area (TPSA) is 129 Å². The molecule has 1 N–H and O–H groups in total. The van der Waals surface area contributed by atoms with Crippen LogP contribution < -0.4 is 9.64 Å². The van der Waals surface area contributed by atoms with Crippen molar-refractivity contribution in [3.63, 3.8) is 0 Å². The van der Waals surface area contributed by atoms with Crippen molar-refractivity contribution in [2.45, 2.75) is 45.8 Å². The average Bonchev–Trinajstić information content (AvgIpc) is 3.54. The molecular formula is C27H33N7O4. The Labute approximate surface area is 221 Å².